The van der Waals surface area contributed by atoms with E-state index in [0.29, 0.717) is 12.1 Å². The van der Waals surface area contributed by atoms with Gasteiger partial charge in [-0.15, -0.1) is 24.8 Å². The fourth-order valence-electron chi connectivity index (χ4n) is 3.56. The monoisotopic (exact) mass is 439 g/mol. The van der Waals surface area contributed by atoms with Gasteiger partial charge >= 0.3 is 0 Å². The van der Waals surface area contributed by atoms with Gasteiger partial charge in [0.05, 0.1) is 12.2 Å². The molecule has 3 unspecified atom stereocenters. The van der Waals surface area contributed by atoms with Crippen LogP contribution in [0.5, 0.6) is 0 Å². The summed E-state index contributed by atoms with van der Waals surface area (Å²) in [4.78, 5) is 14.8. The predicted octanol–water partition coefficient (Wildman–Crippen LogP) is 3.57. The van der Waals surface area contributed by atoms with Crippen LogP contribution in [0.4, 0.5) is 0 Å². The van der Waals surface area contributed by atoms with E-state index < -0.39 is 0 Å². The molecule has 1 saturated heterocycles. The van der Waals surface area contributed by atoms with Crippen molar-refractivity contribution in [2.45, 2.75) is 38.6 Å². The van der Waals surface area contributed by atoms with Crippen LogP contribution in [0.15, 0.2) is 54.6 Å². The minimum absolute atomic E-state index is 0. The molecule has 0 aromatic heterocycles. The van der Waals surface area contributed by atoms with Crippen LogP contribution in [-0.4, -0.2) is 42.6 Å². The normalized spacial score (nSPS) is 20.1. The first-order valence-corrected chi connectivity index (χ1v) is 9.56. The summed E-state index contributed by atoms with van der Waals surface area (Å²) >= 11 is 0. The Morgan fingerprint density at radius 2 is 1.66 bits per heavy atom. The number of nitrogens with one attached hydrogen (secondary N) is 1. The van der Waals surface area contributed by atoms with Crippen LogP contribution in [0, 0.1) is 0 Å². The van der Waals surface area contributed by atoms with Crippen LogP contribution in [0.2, 0.25) is 0 Å². The van der Waals surface area contributed by atoms with E-state index in [1.165, 1.54) is 5.56 Å². The SMILES string of the molecule is CC1CN(Cc2ccc(C(=O)NCC(N)c3ccccc3)cc2)CC(C)O1.Cl.Cl. The van der Waals surface area contributed by atoms with Crippen molar-refractivity contribution in [2.24, 2.45) is 5.73 Å². The number of carbonyl (C=O) groups excluding carboxylic acids is 1. The Kier molecular flexibility index (Phi) is 10.6. The molecule has 3 N–H and O–H groups in total. The topological polar surface area (TPSA) is 67.6 Å². The van der Waals surface area contributed by atoms with Crippen LogP contribution in [0.25, 0.3) is 0 Å². The molecule has 2 aromatic carbocycles. The summed E-state index contributed by atoms with van der Waals surface area (Å²) in [6.07, 6.45) is 0.514. The van der Waals surface area contributed by atoms with E-state index in [-0.39, 0.29) is 49.0 Å². The van der Waals surface area contributed by atoms with Crippen molar-refractivity contribution in [1.29, 1.82) is 0 Å². The average molecular weight is 440 g/mol. The number of nitrogens with zero attached hydrogens (tertiary/aromatic N) is 1. The Balaban J connectivity index is 0.00000210. The fourth-order valence-corrected chi connectivity index (χ4v) is 3.56. The highest BCUT2D eigenvalue weighted by Crippen LogP contribution is 2.15. The van der Waals surface area contributed by atoms with Gasteiger partial charge in [0.15, 0.2) is 0 Å². The van der Waals surface area contributed by atoms with Crippen molar-refractivity contribution in [3.63, 3.8) is 0 Å². The molecule has 0 aliphatic carbocycles. The van der Waals surface area contributed by atoms with E-state index in [2.05, 4.69) is 24.1 Å². The number of benzene rings is 2. The van der Waals surface area contributed by atoms with E-state index in [1.54, 1.807) is 0 Å². The van der Waals surface area contributed by atoms with Crippen LogP contribution >= 0.6 is 24.8 Å². The molecular weight excluding hydrogens is 409 g/mol. The van der Waals surface area contributed by atoms with Crippen LogP contribution in [-0.2, 0) is 11.3 Å². The van der Waals surface area contributed by atoms with E-state index in [9.17, 15) is 4.79 Å². The molecule has 160 valence electrons. The van der Waals surface area contributed by atoms with Gasteiger partial charge in [-0.05, 0) is 37.1 Å². The Morgan fingerprint density at radius 1 is 1.07 bits per heavy atom. The maximum Gasteiger partial charge on any atom is 0.251 e. The van der Waals surface area contributed by atoms with Crippen molar-refractivity contribution < 1.29 is 9.53 Å². The molecule has 29 heavy (non-hydrogen) atoms. The zero-order valence-corrected chi connectivity index (χ0v) is 18.5. The van der Waals surface area contributed by atoms with Gasteiger partial charge < -0.3 is 15.8 Å². The average Bonchev–Trinajstić information content (AvgIpc) is 2.66. The molecule has 2 aromatic rings. The minimum atomic E-state index is -0.209. The van der Waals surface area contributed by atoms with Gasteiger partial charge in [0.1, 0.15) is 0 Å². The van der Waals surface area contributed by atoms with E-state index >= 15 is 0 Å². The van der Waals surface area contributed by atoms with Gasteiger partial charge in [-0.2, -0.15) is 0 Å². The first-order valence-electron chi connectivity index (χ1n) is 9.56. The lowest BCUT2D eigenvalue weighted by Crippen LogP contribution is -2.44. The van der Waals surface area contributed by atoms with Gasteiger partial charge in [0.2, 0.25) is 0 Å². The number of hydrogen-bond donors (Lipinski definition) is 2. The third-order valence-electron chi connectivity index (χ3n) is 4.83. The predicted molar refractivity (Wildman–Crippen MR) is 122 cm³/mol. The summed E-state index contributed by atoms with van der Waals surface area (Å²) in [5.74, 6) is -0.0958. The van der Waals surface area contributed by atoms with Crippen molar-refractivity contribution in [2.75, 3.05) is 19.6 Å². The molecule has 0 bridgehead atoms. The minimum Gasteiger partial charge on any atom is -0.373 e. The van der Waals surface area contributed by atoms with Crippen molar-refractivity contribution in [1.82, 2.24) is 10.2 Å². The molecular formula is C22H31Cl2N3O2. The third kappa shape index (κ3) is 7.61. The lowest BCUT2D eigenvalue weighted by molar-refractivity contribution is -0.0704. The highest BCUT2D eigenvalue weighted by Gasteiger charge is 2.22. The molecule has 0 saturated carbocycles. The molecule has 1 fully saturated rings. The fraction of sp³-hybridized carbons (Fsp3) is 0.409. The Bertz CT molecular complexity index is 733. The summed E-state index contributed by atoms with van der Waals surface area (Å²) in [5, 5.41) is 2.92. The molecule has 5 nitrogen and oxygen atoms in total. The standard InChI is InChI=1S/C22H29N3O2.2ClH/c1-16-13-25(14-17(2)27-16)15-18-8-10-20(11-9-18)22(26)24-12-21(23)19-6-4-3-5-7-19;;/h3-11,16-17,21H,12-15,23H2,1-2H3,(H,24,26);2*1H. The number of hydrogen-bond acceptors (Lipinski definition) is 4. The van der Waals surface area contributed by atoms with Gasteiger partial charge in [0, 0.05) is 37.8 Å². The number of amides is 1. The first-order chi connectivity index (χ1) is 13.0. The van der Waals surface area contributed by atoms with Gasteiger partial charge in [0.25, 0.3) is 5.91 Å². The zero-order chi connectivity index (χ0) is 19.2. The highest BCUT2D eigenvalue weighted by molar-refractivity contribution is 5.94. The molecule has 3 atom stereocenters. The summed E-state index contributed by atoms with van der Waals surface area (Å²) in [6.45, 7) is 7.37. The summed E-state index contributed by atoms with van der Waals surface area (Å²) < 4.78 is 5.78. The van der Waals surface area contributed by atoms with E-state index in [1.807, 2.05) is 54.6 Å². The third-order valence-corrected chi connectivity index (χ3v) is 4.83. The first kappa shape index (κ1) is 25.4. The molecule has 1 aliphatic rings. The van der Waals surface area contributed by atoms with Gasteiger partial charge in [-0.3, -0.25) is 9.69 Å². The van der Waals surface area contributed by atoms with E-state index in [4.69, 9.17) is 10.5 Å². The van der Waals surface area contributed by atoms with Crippen LogP contribution in [0.1, 0.15) is 41.4 Å². The quantitative estimate of drug-likeness (QED) is 0.721. The maximum absolute atomic E-state index is 12.4. The molecule has 0 radical (unpaired) electrons. The number of rotatable bonds is 6. The summed E-state index contributed by atoms with van der Waals surface area (Å²) in [5.41, 5.74) is 9.02. The summed E-state index contributed by atoms with van der Waals surface area (Å²) in [6, 6.07) is 17.4. The zero-order valence-electron chi connectivity index (χ0n) is 16.9. The lowest BCUT2D eigenvalue weighted by atomic mass is 10.1. The van der Waals surface area contributed by atoms with Gasteiger partial charge in [-0.25, -0.2) is 0 Å². The number of carbonyl (C=O) groups is 1. The second kappa shape index (κ2) is 12.2. The molecule has 7 heteroatoms. The van der Waals surface area contributed by atoms with Crippen molar-refractivity contribution >= 4 is 30.7 Å². The maximum atomic E-state index is 12.4. The second-order valence-electron chi connectivity index (χ2n) is 7.38. The Labute approximate surface area is 185 Å². The number of ether oxygens (including phenoxy) is 1. The Morgan fingerprint density at radius 3 is 2.24 bits per heavy atom. The molecule has 1 aliphatic heterocycles. The molecule has 1 heterocycles. The van der Waals surface area contributed by atoms with Crippen molar-refractivity contribution in [3.8, 4) is 0 Å². The van der Waals surface area contributed by atoms with E-state index in [0.717, 1.165) is 25.2 Å². The van der Waals surface area contributed by atoms with Gasteiger partial charge in [-0.1, -0.05) is 42.5 Å². The number of morpholine rings is 1. The number of nitrogens with two attached hydrogens (primary N) is 1. The number of halogens is 2. The smallest absolute Gasteiger partial charge is 0.251 e. The summed E-state index contributed by atoms with van der Waals surface area (Å²) in [7, 11) is 0. The van der Waals surface area contributed by atoms with Crippen molar-refractivity contribution in [3.05, 3.63) is 71.3 Å². The van der Waals surface area contributed by atoms with Crippen LogP contribution < -0.4 is 11.1 Å². The van der Waals surface area contributed by atoms with Crippen LogP contribution in [0.3, 0.4) is 0 Å². The lowest BCUT2D eigenvalue weighted by Gasteiger charge is -2.35. The molecule has 0 spiro atoms. The largest absolute Gasteiger partial charge is 0.373 e. The Hall–Kier alpha value is -1.63. The second-order valence-corrected chi connectivity index (χ2v) is 7.38. The molecule has 3 rings (SSSR count). The molecule has 1 amide bonds. The highest BCUT2D eigenvalue weighted by atomic mass is 35.5.